The second-order valence-corrected chi connectivity index (χ2v) is 3.66. The van der Waals surface area contributed by atoms with Gasteiger partial charge in [-0.3, -0.25) is 4.90 Å². The van der Waals surface area contributed by atoms with Gasteiger partial charge in [-0.25, -0.2) is 0 Å². The molecule has 2 heterocycles. The number of hydrogen-bond acceptors (Lipinski definition) is 5. The maximum Gasteiger partial charge on any atom is 0.390 e. The maximum absolute atomic E-state index is 10.5. The van der Waals surface area contributed by atoms with Gasteiger partial charge in [-0.1, -0.05) is 0 Å². The van der Waals surface area contributed by atoms with E-state index in [0.29, 0.717) is 26.1 Å². The Kier molecular flexibility index (Phi) is 2.83. The molecule has 84 valence electrons. The Morgan fingerprint density at radius 1 is 1.62 bits per heavy atom. The highest BCUT2D eigenvalue weighted by Crippen LogP contribution is 2.17. The molecule has 0 spiro atoms. The molecule has 1 aliphatic rings. The van der Waals surface area contributed by atoms with E-state index in [1.54, 1.807) is 4.68 Å². The largest absolute Gasteiger partial charge is 0.390 e. The van der Waals surface area contributed by atoms with Crippen LogP contribution >= 0.6 is 0 Å². The maximum atomic E-state index is 10.5. The van der Waals surface area contributed by atoms with E-state index >= 15 is 0 Å². The molecule has 0 radical (unpaired) electrons. The summed E-state index contributed by atoms with van der Waals surface area (Å²) in [6.07, 6.45) is 0.482. The molecule has 0 saturated carbocycles. The van der Waals surface area contributed by atoms with Gasteiger partial charge in [0.1, 0.15) is 0 Å². The van der Waals surface area contributed by atoms with Gasteiger partial charge in [0, 0.05) is 26.1 Å². The third-order valence-electron chi connectivity index (χ3n) is 2.59. The van der Waals surface area contributed by atoms with Crippen molar-refractivity contribution in [1.82, 2.24) is 14.7 Å². The number of hydrogen-bond donors (Lipinski definition) is 0. The van der Waals surface area contributed by atoms with Gasteiger partial charge in [0.2, 0.25) is 0 Å². The first-order valence-electron chi connectivity index (χ1n) is 5.01. The number of nitrogens with zero attached hydrogens (tertiary/aromatic N) is 5. The van der Waals surface area contributed by atoms with Gasteiger partial charge >= 0.3 is 5.82 Å². The molecule has 0 aromatic carbocycles. The quantitative estimate of drug-likeness (QED) is 0.548. The second-order valence-electron chi connectivity index (χ2n) is 3.66. The van der Waals surface area contributed by atoms with E-state index in [2.05, 4.69) is 16.1 Å². The zero-order valence-corrected chi connectivity index (χ0v) is 8.67. The van der Waals surface area contributed by atoms with E-state index in [9.17, 15) is 10.1 Å². The summed E-state index contributed by atoms with van der Waals surface area (Å²) < 4.78 is 1.67. The monoisotopic (exact) mass is 221 g/mol. The number of nitro groups is 1. The van der Waals surface area contributed by atoms with Gasteiger partial charge in [-0.2, -0.15) is 9.94 Å². The number of fused-ring (bicyclic) bond motifs is 1. The van der Waals surface area contributed by atoms with Crippen LogP contribution in [0.25, 0.3) is 0 Å². The molecule has 2 rings (SSSR count). The smallest absolute Gasteiger partial charge is 0.358 e. The van der Waals surface area contributed by atoms with Crippen LogP contribution in [0.2, 0.25) is 0 Å². The first kappa shape index (κ1) is 10.6. The minimum Gasteiger partial charge on any atom is -0.358 e. The van der Waals surface area contributed by atoms with Crippen molar-refractivity contribution in [3.63, 3.8) is 0 Å². The van der Waals surface area contributed by atoms with Crippen molar-refractivity contribution in [2.24, 2.45) is 0 Å². The average molecular weight is 221 g/mol. The summed E-state index contributed by atoms with van der Waals surface area (Å²) in [5, 5.41) is 22.9. The Morgan fingerprint density at radius 2 is 2.44 bits per heavy atom. The molecule has 0 fully saturated rings. The van der Waals surface area contributed by atoms with Crippen molar-refractivity contribution in [2.45, 2.75) is 19.5 Å². The van der Waals surface area contributed by atoms with Crippen LogP contribution in [0, 0.1) is 21.4 Å². The van der Waals surface area contributed by atoms with Crippen molar-refractivity contribution < 1.29 is 4.92 Å². The molecule has 1 aromatic rings. The Balaban J connectivity index is 2.09. The van der Waals surface area contributed by atoms with Gasteiger partial charge in [0.15, 0.2) is 0 Å². The minimum atomic E-state index is -0.481. The van der Waals surface area contributed by atoms with Crippen LogP contribution in [0.3, 0.4) is 0 Å². The van der Waals surface area contributed by atoms with Gasteiger partial charge in [0.05, 0.1) is 29.5 Å². The summed E-state index contributed by atoms with van der Waals surface area (Å²) in [6.45, 7) is 2.76. The summed E-state index contributed by atoms with van der Waals surface area (Å²) in [5.74, 6) is -0.0999. The summed E-state index contributed by atoms with van der Waals surface area (Å²) in [7, 11) is 0. The summed E-state index contributed by atoms with van der Waals surface area (Å²) in [5.41, 5.74) is 0.843. The predicted molar refractivity (Wildman–Crippen MR) is 54.4 cm³/mol. The molecule has 0 aliphatic carbocycles. The minimum absolute atomic E-state index is 0.0999. The Bertz CT molecular complexity index is 447. The van der Waals surface area contributed by atoms with E-state index < -0.39 is 4.92 Å². The van der Waals surface area contributed by atoms with Gasteiger partial charge in [-0.15, -0.1) is 0 Å². The fourth-order valence-corrected chi connectivity index (χ4v) is 1.79. The third kappa shape index (κ3) is 2.01. The summed E-state index contributed by atoms with van der Waals surface area (Å²) in [6, 6.07) is 3.59. The van der Waals surface area contributed by atoms with Gasteiger partial charge in [-0.05, 0) is 4.92 Å². The summed E-state index contributed by atoms with van der Waals surface area (Å²) in [4.78, 5) is 12.2. The third-order valence-corrected chi connectivity index (χ3v) is 2.59. The van der Waals surface area contributed by atoms with E-state index in [1.165, 1.54) is 6.07 Å². The fraction of sp³-hybridized carbons (Fsp3) is 0.556. The first-order valence-corrected chi connectivity index (χ1v) is 5.01. The van der Waals surface area contributed by atoms with E-state index in [-0.39, 0.29) is 5.82 Å². The Labute approximate surface area is 92.0 Å². The van der Waals surface area contributed by atoms with Crippen LogP contribution in [0.15, 0.2) is 6.07 Å². The van der Waals surface area contributed by atoms with Crippen molar-refractivity contribution in [3.8, 4) is 6.07 Å². The predicted octanol–water partition coefficient (Wildman–Crippen LogP) is 0.521. The zero-order valence-electron chi connectivity index (χ0n) is 8.67. The number of nitriles is 1. The molecular weight excluding hydrogens is 210 g/mol. The molecular formula is C9H11N5O2. The SMILES string of the molecule is N#CCCN1CCn2nc([N+](=O)[O-])cc2C1. The van der Waals surface area contributed by atoms with Crippen molar-refractivity contribution in [2.75, 3.05) is 13.1 Å². The van der Waals surface area contributed by atoms with Gasteiger partial charge < -0.3 is 10.1 Å². The first-order chi connectivity index (χ1) is 7.70. The molecule has 7 heteroatoms. The highest BCUT2D eigenvalue weighted by atomic mass is 16.6. The number of aromatic nitrogens is 2. The standard InChI is InChI=1S/C9H11N5O2/c10-2-1-3-12-4-5-13-8(7-12)6-9(11-13)14(15)16/h6H,1,3-5,7H2. The number of rotatable bonds is 3. The van der Waals surface area contributed by atoms with Crippen LogP contribution < -0.4 is 0 Å². The Hall–Kier alpha value is -1.94. The van der Waals surface area contributed by atoms with Crippen molar-refractivity contribution >= 4 is 5.82 Å². The Morgan fingerprint density at radius 3 is 3.12 bits per heavy atom. The zero-order chi connectivity index (χ0) is 11.5. The lowest BCUT2D eigenvalue weighted by Gasteiger charge is -2.24. The molecule has 0 N–H and O–H groups in total. The van der Waals surface area contributed by atoms with Crippen LogP contribution in [0.5, 0.6) is 0 Å². The van der Waals surface area contributed by atoms with Crippen molar-refractivity contribution in [3.05, 3.63) is 21.9 Å². The highest BCUT2D eigenvalue weighted by Gasteiger charge is 2.23. The highest BCUT2D eigenvalue weighted by molar-refractivity contribution is 5.22. The molecule has 16 heavy (non-hydrogen) atoms. The van der Waals surface area contributed by atoms with E-state index in [1.807, 2.05) is 0 Å². The molecule has 0 saturated heterocycles. The lowest BCUT2D eigenvalue weighted by molar-refractivity contribution is -0.389. The molecule has 0 unspecified atom stereocenters. The average Bonchev–Trinajstić information content (AvgIpc) is 2.69. The molecule has 0 atom stereocenters. The molecule has 1 aliphatic heterocycles. The van der Waals surface area contributed by atoms with Crippen LogP contribution in [-0.2, 0) is 13.1 Å². The summed E-state index contributed by atoms with van der Waals surface area (Å²) >= 11 is 0. The normalized spacial score (nSPS) is 15.4. The van der Waals surface area contributed by atoms with Gasteiger partial charge in [0.25, 0.3) is 0 Å². The second kappa shape index (κ2) is 4.28. The lowest BCUT2D eigenvalue weighted by Crippen LogP contribution is -2.34. The van der Waals surface area contributed by atoms with Crippen LogP contribution in [0.1, 0.15) is 12.1 Å². The van der Waals surface area contributed by atoms with Crippen LogP contribution in [-0.4, -0.2) is 32.7 Å². The van der Waals surface area contributed by atoms with Crippen LogP contribution in [0.4, 0.5) is 5.82 Å². The fourth-order valence-electron chi connectivity index (χ4n) is 1.79. The molecule has 0 bridgehead atoms. The lowest BCUT2D eigenvalue weighted by atomic mass is 10.3. The molecule has 0 amide bonds. The van der Waals surface area contributed by atoms with Crippen molar-refractivity contribution in [1.29, 1.82) is 5.26 Å². The molecule has 1 aromatic heterocycles. The topological polar surface area (TPSA) is 88.0 Å². The van der Waals surface area contributed by atoms with E-state index in [4.69, 9.17) is 5.26 Å². The van der Waals surface area contributed by atoms with E-state index in [0.717, 1.165) is 12.2 Å². The molecule has 7 nitrogen and oxygen atoms in total.